The molecule has 226 valence electrons. The van der Waals surface area contributed by atoms with Crippen molar-refractivity contribution >= 4 is 33.9 Å². The van der Waals surface area contributed by atoms with Gasteiger partial charge in [-0.3, -0.25) is 9.99 Å². The van der Waals surface area contributed by atoms with Crippen LogP contribution in [0.15, 0.2) is 72.7 Å². The van der Waals surface area contributed by atoms with Gasteiger partial charge in [-0.25, -0.2) is 13.8 Å². The van der Waals surface area contributed by atoms with E-state index in [-0.39, 0.29) is 6.04 Å². The van der Waals surface area contributed by atoms with Crippen LogP contribution in [0, 0.1) is 24.2 Å². The second-order valence-corrected chi connectivity index (χ2v) is 11.4. The van der Waals surface area contributed by atoms with Crippen molar-refractivity contribution in [3.8, 4) is 6.07 Å². The first-order valence-electron chi connectivity index (χ1n) is 14.3. The summed E-state index contributed by atoms with van der Waals surface area (Å²) in [4.78, 5) is 8.47. The molecule has 3 heterocycles. The number of aromatic nitrogens is 2. The van der Waals surface area contributed by atoms with Crippen molar-refractivity contribution in [2.24, 2.45) is 0 Å². The van der Waals surface area contributed by atoms with Crippen molar-refractivity contribution in [2.45, 2.75) is 57.2 Å². The molecule has 44 heavy (non-hydrogen) atoms. The molecule has 0 saturated heterocycles. The zero-order valence-corrected chi connectivity index (χ0v) is 24.8. The van der Waals surface area contributed by atoms with Gasteiger partial charge in [-0.2, -0.15) is 9.65 Å². The van der Waals surface area contributed by atoms with E-state index in [2.05, 4.69) is 44.6 Å². The van der Waals surface area contributed by atoms with Crippen LogP contribution in [0.2, 0.25) is 5.02 Å². The summed E-state index contributed by atoms with van der Waals surface area (Å²) in [6.45, 7) is 3.74. The van der Waals surface area contributed by atoms with E-state index in [9.17, 15) is 18.4 Å². The monoisotopic (exact) mass is 618 g/mol. The number of hydrogen-bond acceptors (Lipinski definition) is 8. The summed E-state index contributed by atoms with van der Waals surface area (Å²) < 4.78 is 41.8. The van der Waals surface area contributed by atoms with Crippen LogP contribution < -0.4 is 21.6 Å². The number of nitrogens with zero attached hydrogens (tertiary/aromatic N) is 4. The first-order chi connectivity index (χ1) is 21.2. The van der Waals surface area contributed by atoms with E-state index < -0.39 is 24.0 Å². The van der Waals surface area contributed by atoms with E-state index in [0.29, 0.717) is 62.7 Å². The number of pyridine rings is 2. The normalized spacial score (nSPS) is 16.7. The number of nitrogens with one attached hydrogen (secondary N) is 4. The quantitative estimate of drug-likeness (QED) is 0.138. The van der Waals surface area contributed by atoms with Crippen LogP contribution in [0.4, 0.5) is 24.5 Å². The van der Waals surface area contributed by atoms with Gasteiger partial charge in [0.2, 0.25) is 5.95 Å². The van der Waals surface area contributed by atoms with Crippen molar-refractivity contribution in [1.82, 2.24) is 25.9 Å². The Morgan fingerprint density at radius 2 is 1.91 bits per heavy atom. The van der Waals surface area contributed by atoms with Crippen LogP contribution in [0.5, 0.6) is 0 Å². The zero-order chi connectivity index (χ0) is 31.0. The number of hydrazine groups is 2. The van der Waals surface area contributed by atoms with Gasteiger partial charge in [0.25, 0.3) is 6.43 Å². The molecule has 2 atom stereocenters. The summed E-state index contributed by atoms with van der Waals surface area (Å²) in [5.74, 6) is -0.629. The van der Waals surface area contributed by atoms with Crippen LogP contribution in [-0.4, -0.2) is 26.9 Å². The second kappa shape index (κ2) is 11.9. The Hall–Kier alpha value is -4.53. The minimum atomic E-state index is -2.54. The Bertz CT molecular complexity index is 1770. The molecule has 1 saturated carbocycles. The lowest BCUT2D eigenvalue weighted by Gasteiger charge is -2.25. The number of benzene rings is 2. The molecule has 4 aromatic rings. The summed E-state index contributed by atoms with van der Waals surface area (Å²) >= 11 is 6.78. The van der Waals surface area contributed by atoms with Gasteiger partial charge in [0, 0.05) is 34.7 Å². The summed E-state index contributed by atoms with van der Waals surface area (Å²) in [7, 11) is 0. The summed E-state index contributed by atoms with van der Waals surface area (Å²) in [6, 6.07) is 17.9. The third kappa shape index (κ3) is 5.47. The van der Waals surface area contributed by atoms with Gasteiger partial charge in [0.05, 0.1) is 39.6 Å². The van der Waals surface area contributed by atoms with E-state index in [1.54, 1.807) is 25.3 Å². The Morgan fingerprint density at radius 1 is 1.14 bits per heavy atom. The molecule has 2 aromatic heterocycles. The van der Waals surface area contributed by atoms with Crippen LogP contribution in [-0.2, 0) is 0 Å². The smallest absolute Gasteiger partial charge is 0.262 e. The maximum Gasteiger partial charge on any atom is 0.262 e. The maximum absolute atomic E-state index is 14.0. The van der Waals surface area contributed by atoms with Gasteiger partial charge in [-0.1, -0.05) is 54.9 Å². The largest absolute Gasteiger partial charge is 0.377 e. The summed E-state index contributed by atoms with van der Waals surface area (Å²) in [6.07, 6.45) is 2.03. The van der Waals surface area contributed by atoms with Crippen LogP contribution >= 0.6 is 11.6 Å². The molecule has 0 spiro atoms. The topological polar surface area (TPSA) is 101 Å². The van der Waals surface area contributed by atoms with E-state index in [4.69, 9.17) is 11.6 Å². The van der Waals surface area contributed by atoms with Crippen molar-refractivity contribution < 1.29 is 13.2 Å². The number of alkyl halides is 2. The molecule has 2 aliphatic rings. The molecule has 8 nitrogen and oxygen atoms in total. The fourth-order valence-electron chi connectivity index (χ4n) is 5.61. The molecule has 12 heteroatoms. The SMILES string of the molecule is CC[C@@H](Nc1c(C#N)cnc2c(Cl)cc(N[C@H](C3=CN(C4(C(F)F)CC4)NN3)c3ccc(F)nc3C)cc12)c1ccccc1. The minimum absolute atomic E-state index is 0.0838. The zero-order valence-electron chi connectivity index (χ0n) is 24.0. The van der Waals surface area contributed by atoms with Gasteiger partial charge in [-0.05, 0) is 49.9 Å². The number of anilines is 2. The van der Waals surface area contributed by atoms with E-state index in [1.807, 2.05) is 36.4 Å². The standard InChI is InChI=1S/C32H30ClF3N8/c1-3-25(19-7-5-4-6-8-19)41-28-20(15-37)16-38-29-23(28)13-21(14-24(29)33)40-30(22-9-10-27(34)39-18(22)2)26-17-44(43-42-26)32(11-12-32)31(35)36/h4-10,13-14,16-17,25,30-31,40,42-43H,3,11-12H2,1-2H3,(H,38,41)/t25-,30+/m1/s1. The molecule has 0 radical (unpaired) electrons. The highest BCUT2D eigenvalue weighted by Crippen LogP contribution is 2.47. The van der Waals surface area contributed by atoms with Gasteiger partial charge in [0.1, 0.15) is 11.6 Å². The fraction of sp³-hybridized carbons (Fsp3) is 0.281. The van der Waals surface area contributed by atoms with Gasteiger partial charge < -0.3 is 16.1 Å². The number of fused-ring (bicyclic) bond motifs is 1. The number of halogens is 4. The third-order valence-corrected chi connectivity index (χ3v) is 8.53. The first kappa shape index (κ1) is 29.5. The predicted octanol–water partition coefficient (Wildman–Crippen LogP) is 7.28. The predicted molar refractivity (Wildman–Crippen MR) is 164 cm³/mol. The van der Waals surface area contributed by atoms with Crippen LogP contribution in [0.25, 0.3) is 10.9 Å². The van der Waals surface area contributed by atoms with Crippen molar-refractivity contribution in [2.75, 3.05) is 10.6 Å². The molecule has 0 unspecified atom stereocenters. The van der Waals surface area contributed by atoms with Gasteiger partial charge in [-0.15, -0.1) is 5.53 Å². The van der Waals surface area contributed by atoms with E-state index >= 15 is 0 Å². The molecule has 6 rings (SSSR count). The van der Waals surface area contributed by atoms with Crippen molar-refractivity contribution in [3.05, 3.63) is 106 Å². The van der Waals surface area contributed by atoms with Crippen LogP contribution in [0.3, 0.4) is 0 Å². The highest BCUT2D eigenvalue weighted by molar-refractivity contribution is 6.35. The highest BCUT2D eigenvalue weighted by atomic mass is 35.5. The molecule has 0 bridgehead atoms. The van der Waals surface area contributed by atoms with Crippen molar-refractivity contribution in [1.29, 1.82) is 5.26 Å². The average molecular weight is 619 g/mol. The maximum atomic E-state index is 14.0. The summed E-state index contributed by atoms with van der Waals surface area (Å²) in [5.41, 5.74) is 9.28. The average Bonchev–Trinajstić information content (AvgIpc) is 3.69. The Balaban J connectivity index is 1.42. The van der Waals surface area contributed by atoms with Gasteiger partial charge >= 0.3 is 0 Å². The first-order valence-corrected chi connectivity index (χ1v) is 14.7. The Kier molecular flexibility index (Phi) is 7.97. The third-order valence-electron chi connectivity index (χ3n) is 8.24. The lowest BCUT2D eigenvalue weighted by atomic mass is 10.0. The van der Waals surface area contributed by atoms with E-state index in [1.165, 1.54) is 17.3 Å². The lowest BCUT2D eigenvalue weighted by Crippen LogP contribution is -2.48. The second-order valence-electron chi connectivity index (χ2n) is 11.0. The molecular weight excluding hydrogens is 589 g/mol. The number of rotatable bonds is 10. The fourth-order valence-corrected chi connectivity index (χ4v) is 5.88. The lowest BCUT2D eigenvalue weighted by molar-refractivity contribution is 0.00911. The molecule has 1 aliphatic carbocycles. The van der Waals surface area contributed by atoms with Crippen LogP contribution in [0.1, 0.15) is 60.7 Å². The molecule has 0 amide bonds. The molecular formula is C32H30ClF3N8. The van der Waals surface area contributed by atoms with E-state index in [0.717, 1.165) is 12.0 Å². The van der Waals surface area contributed by atoms with Crippen molar-refractivity contribution in [3.63, 3.8) is 0 Å². The summed E-state index contributed by atoms with van der Waals surface area (Å²) in [5, 5.41) is 19.4. The molecule has 2 aromatic carbocycles. The molecule has 4 N–H and O–H groups in total. The number of aryl methyl sites for hydroxylation is 1. The Morgan fingerprint density at radius 3 is 2.57 bits per heavy atom. The number of hydrogen-bond donors (Lipinski definition) is 4. The van der Waals surface area contributed by atoms with Gasteiger partial charge in [0.15, 0.2) is 0 Å². The Labute approximate surface area is 257 Å². The molecule has 1 fully saturated rings. The minimum Gasteiger partial charge on any atom is -0.377 e. The highest BCUT2D eigenvalue weighted by Gasteiger charge is 2.56. The molecule has 1 aliphatic heterocycles. The number of nitriles is 1.